The minimum absolute atomic E-state index is 0.178. The van der Waals surface area contributed by atoms with Crippen LogP contribution in [-0.2, 0) is 11.2 Å². The van der Waals surface area contributed by atoms with Crippen LogP contribution in [0.4, 0.5) is 5.82 Å². The Labute approximate surface area is 104 Å². The van der Waals surface area contributed by atoms with Crippen molar-refractivity contribution < 1.29 is 4.79 Å². The number of aromatic nitrogens is 2. The van der Waals surface area contributed by atoms with E-state index in [0.29, 0.717) is 5.82 Å². The van der Waals surface area contributed by atoms with Crippen LogP contribution in [0.3, 0.4) is 0 Å². The standard InChI is InChI=1S/C13H13N3O2/c1-9-3-2-4-10(7-9)8-12(17)15-11-5-6-14-13(18)16-11/h2-7H,8H2,1H3,(H2,14,15,16,17,18). The van der Waals surface area contributed by atoms with Crippen LogP contribution in [0.25, 0.3) is 0 Å². The van der Waals surface area contributed by atoms with E-state index in [9.17, 15) is 9.59 Å². The van der Waals surface area contributed by atoms with Crippen LogP contribution >= 0.6 is 0 Å². The molecule has 2 rings (SSSR count). The largest absolute Gasteiger partial charge is 0.346 e. The van der Waals surface area contributed by atoms with Crippen molar-refractivity contribution >= 4 is 11.7 Å². The van der Waals surface area contributed by atoms with Crippen molar-refractivity contribution in [2.24, 2.45) is 0 Å². The second kappa shape index (κ2) is 5.27. The van der Waals surface area contributed by atoms with Crippen LogP contribution in [0, 0.1) is 6.92 Å². The molecule has 0 fully saturated rings. The first-order valence-electron chi connectivity index (χ1n) is 5.54. The highest BCUT2D eigenvalue weighted by Crippen LogP contribution is 2.06. The van der Waals surface area contributed by atoms with Gasteiger partial charge in [0.25, 0.3) is 0 Å². The summed E-state index contributed by atoms with van der Waals surface area (Å²) in [6.45, 7) is 1.97. The summed E-state index contributed by atoms with van der Waals surface area (Å²) in [6.07, 6.45) is 1.62. The Bertz CT molecular complexity index is 619. The summed E-state index contributed by atoms with van der Waals surface area (Å²) in [5.41, 5.74) is 1.56. The molecule has 0 unspecified atom stereocenters. The second-order valence-corrected chi connectivity index (χ2v) is 4.00. The fraction of sp³-hybridized carbons (Fsp3) is 0.154. The number of carbonyl (C=O) groups is 1. The lowest BCUT2D eigenvalue weighted by atomic mass is 10.1. The molecule has 1 aromatic heterocycles. The molecule has 0 aliphatic heterocycles. The van der Waals surface area contributed by atoms with E-state index in [0.717, 1.165) is 11.1 Å². The number of H-pyrrole nitrogens is 1. The van der Waals surface area contributed by atoms with Gasteiger partial charge in [0.1, 0.15) is 5.82 Å². The number of nitrogens with one attached hydrogen (secondary N) is 2. The first-order valence-corrected chi connectivity index (χ1v) is 5.54. The Morgan fingerprint density at radius 2 is 2.22 bits per heavy atom. The monoisotopic (exact) mass is 243 g/mol. The molecule has 1 amide bonds. The topological polar surface area (TPSA) is 74.8 Å². The van der Waals surface area contributed by atoms with Crippen molar-refractivity contribution in [3.05, 3.63) is 58.1 Å². The first-order chi connectivity index (χ1) is 8.63. The fourth-order valence-electron chi connectivity index (χ4n) is 1.64. The lowest BCUT2D eigenvalue weighted by Crippen LogP contribution is -2.19. The molecule has 1 aromatic carbocycles. The van der Waals surface area contributed by atoms with Gasteiger partial charge in [0.2, 0.25) is 5.91 Å². The van der Waals surface area contributed by atoms with E-state index in [1.807, 2.05) is 31.2 Å². The summed E-state index contributed by atoms with van der Waals surface area (Å²) >= 11 is 0. The molecular weight excluding hydrogens is 230 g/mol. The maximum Gasteiger partial charge on any atom is 0.346 e. The van der Waals surface area contributed by atoms with Gasteiger partial charge in [-0.05, 0) is 18.6 Å². The van der Waals surface area contributed by atoms with Crippen molar-refractivity contribution in [3.63, 3.8) is 0 Å². The first kappa shape index (κ1) is 12.0. The Morgan fingerprint density at radius 3 is 2.94 bits per heavy atom. The Balaban J connectivity index is 2.03. The van der Waals surface area contributed by atoms with Crippen LogP contribution in [0.15, 0.2) is 41.3 Å². The van der Waals surface area contributed by atoms with Gasteiger partial charge in [-0.25, -0.2) is 9.78 Å². The Hall–Kier alpha value is -2.43. The van der Waals surface area contributed by atoms with Gasteiger partial charge in [-0.15, -0.1) is 0 Å². The number of benzene rings is 1. The van der Waals surface area contributed by atoms with E-state index in [1.54, 1.807) is 0 Å². The van der Waals surface area contributed by atoms with Gasteiger partial charge in [-0.3, -0.25) is 9.78 Å². The molecule has 0 aliphatic carbocycles. The van der Waals surface area contributed by atoms with Crippen LogP contribution in [0.2, 0.25) is 0 Å². The molecule has 0 spiro atoms. The molecule has 0 saturated heterocycles. The summed E-state index contributed by atoms with van der Waals surface area (Å²) in [6, 6.07) is 9.26. The molecule has 0 saturated carbocycles. The third-order valence-electron chi connectivity index (χ3n) is 2.40. The third-order valence-corrected chi connectivity index (χ3v) is 2.40. The number of hydrogen-bond acceptors (Lipinski definition) is 3. The normalized spacial score (nSPS) is 10.1. The number of rotatable bonds is 3. The summed E-state index contributed by atoms with van der Waals surface area (Å²) in [5.74, 6) is 0.176. The predicted octanol–water partition coefficient (Wildman–Crippen LogP) is 1.26. The Morgan fingerprint density at radius 1 is 1.39 bits per heavy atom. The van der Waals surface area contributed by atoms with Gasteiger partial charge in [0.15, 0.2) is 0 Å². The van der Waals surface area contributed by atoms with E-state index in [1.165, 1.54) is 12.3 Å². The van der Waals surface area contributed by atoms with Crippen molar-refractivity contribution in [1.29, 1.82) is 0 Å². The highest BCUT2D eigenvalue weighted by molar-refractivity contribution is 5.91. The predicted molar refractivity (Wildman–Crippen MR) is 68.4 cm³/mol. The minimum Gasteiger partial charge on any atom is -0.312 e. The highest BCUT2D eigenvalue weighted by Gasteiger charge is 2.04. The van der Waals surface area contributed by atoms with Gasteiger partial charge in [-0.2, -0.15) is 0 Å². The molecule has 0 atom stereocenters. The number of aryl methyl sites for hydroxylation is 1. The van der Waals surface area contributed by atoms with E-state index >= 15 is 0 Å². The lowest BCUT2D eigenvalue weighted by molar-refractivity contribution is -0.115. The van der Waals surface area contributed by atoms with E-state index in [2.05, 4.69) is 15.3 Å². The molecule has 2 aromatic rings. The van der Waals surface area contributed by atoms with Crippen molar-refractivity contribution in [1.82, 2.24) is 9.97 Å². The molecule has 1 heterocycles. The average Bonchev–Trinajstić information content (AvgIpc) is 2.28. The maximum atomic E-state index is 11.8. The average molecular weight is 243 g/mol. The lowest BCUT2D eigenvalue weighted by Gasteiger charge is -2.05. The summed E-state index contributed by atoms with van der Waals surface area (Å²) in [7, 11) is 0. The Kier molecular flexibility index (Phi) is 3.52. The van der Waals surface area contributed by atoms with Gasteiger partial charge in [-0.1, -0.05) is 29.8 Å². The van der Waals surface area contributed by atoms with E-state index < -0.39 is 5.69 Å². The zero-order valence-electron chi connectivity index (χ0n) is 9.93. The molecule has 0 radical (unpaired) electrons. The van der Waals surface area contributed by atoms with Crippen molar-refractivity contribution in [2.75, 3.05) is 5.32 Å². The van der Waals surface area contributed by atoms with Gasteiger partial charge in [0, 0.05) is 6.20 Å². The quantitative estimate of drug-likeness (QED) is 0.852. The SMILES string of the molecule is Cc1cccc(CC(=O)Nc2ccnc(=O)[nH]2)c1. The number of nitrogens with zero attached hydrogens (tertiary/aromatic N) is 1. The molecular formula is C13H13N3O2. The zero-order valence-corrected chi connectivity index (χ0v) is 9.93. The molecule has 0 bridgehead atoms. The number of amides is 1. The number of aromatic amines is 1. The number of carbonyl (C=O) groups excluding carboxylic acids is 1. The van der Waals surface area contributed by atoms with Gasteiger partial charge >= 0.3 is 5.69 Å². The fourth-order valence-corrected chi connectivity index (χ4v) is 1.64. The summed E-state index contributed by atoms with van der Waals surface area (Å²) < 4.78 is 0. The molecule has 5 heteroatoms. The summed E-state index contributed by atoms with van der Waals surface area (Å²) in [5, 5.41) is 2.62. The zero-order chi connectivity index (χ0) is 13.0. The van der Waals surface area contributed by atoms with Gasteiger partial charge in [0.05, 0.1) is 6.42 Å². The van der Waals surface area contributed by atoms with Crippen LogP contribution in [0.5, 0.6) is 0 Å². The van der Waals surface area contributed by atoms with Crippen LogP contribution < -0.4 is 11.0 Å². The van der Waals surface area contributed by atoms with Crippen LogP contribution in [0.1, 0.15) is 11.1 Å². The number of hydrogen-bond donors (Lipinski definition) is 2. The number of anilines is 1. The highest BCUT2D eigenvalue weighted by atomic mass is 16.2. The van der Waals surface area contributed by atoms with Gasteiger partial charge < -0.3 is 5.32 Å². The third kappa shape index (κ3) is 3.28. The van der Waals surface area contributed by atoms with Crippen LogP contribution in [-0.4, -0.2) is 15.9 Å². The van der Waals surface area contributed by atoms with Crippen molar-refractivity contribution in [2.45, 2.75) is 13.3 Å². The smallest absolute Gasteiger partial charge is 0.312 e. The molecule has 5 nitrogen and oxygen atoms in total. The van der Waals surface area contributed by atoms with Crippen molar-refractivity contribution in [3.8, 4) is 0 Å². The maximum absolute atomic E-state index is 11.8. The van der Waals surface area contributed by atoms with E-state index in [4.69, 9.17) is 0 Å². The minimum atomic E-state index is -0.483. The molecule has 2 N–H and O–H groups in total. The molecule has 92 valence electrons. The second-order valence-electron chi connectivity index (χ2n) is 4.00. The van der Waals surface area contributed by atoms with E-state index in [-0.39, 0.29) is 12.3 Å². The summed E-state index contributed by atoms with van der Waals surface area (Å²) in [4.78, 5) is 28.6. The molecule has 0 aliphatic rings. The molecule has 18 heavy (non-hydrogen) atoms.